The summed E-state index contributed by atoms with van der Waals surface area (Å²) in [5, 5.41) is 0. The maximum atomic E-state index is 13.8. The van der Waals surface area contributed by atoms with E-state index in [4.69, 9.17) is 9.73 Å². The zero-order chi connectivity index (χ0) is 22.0. The molecule has 31 heavy (non-hydrogen) atoms. The van der Waals surface area contributed by atoms with Crippen molar-refractivity contribution in [2.24, 2.45) is 10.9 Å². The lowest BCUT2D eigenvalue weighted by molar-refractivity contribution is -0.143. The Bertz CT molecular complexity index is 988. The van der Waals surface area contributed by atoms with Gasteiger partial charge in [-0.1, -0.05) is 46.3 Å². The van der Waals surface area contributed by atoms with Crippen molar-refractivity contribution in [1.29, 1.82) is 0 Å². The number of carbonyl (C=O) groups excluding carboxylic acids is 1. The number of amides is 1. The molecule has 162 valence electrons. The molecule has 5 rings (SSSR count). The van der Waals surface area contributed by atoms with Gasteiger partial charge >= 0.3 is 0 Å². The molecule has 0 radical (unpaired) electrons. The molecular weight excluding hydrogens is 452 g/mol. The molecule has 2 aromatic carbocycles. The number of hydrogen-bond donors (Lipinski definition) is 0. The van der Waals surface area contributed by atoms with Crippen LogP contribution in [0.4, 0.5) is 0 Å². The highest BCUT2D eigenvalue weighted by Gasteiger charge is 2.47. The molecule has 5 heteroatoms. The number of fused-ring (bicyclic) bond motifs is 2. The predicted molar refractivity (Wildman–Crippen MR) is 129 cm³/mol. The monoisotopic (exact) mass is 480 g/mol. The summed E-state index contributed by atoms with van der Waals surface area (Å²) in [6.45, 7) is 6.38. The first-order chi connectivity index (χ1) is 14.9. The Balaban J connectivity index is 1.60. The number of halogens is 1. The topological polar surface area (TPSA) is 41.9 Å². The van der Waals surface area contributed by atoms with Crippen molar-refractivity contribution in [2.45, 2.75) is 52.1 Å². The Morgan fingerprint density at radius 1 is 1.03 bits per heavy atom. The van der Waals surface area contributed by atoms with Crippen LogP contribution in [0, 0.1) is 5.92 Å². The van der Waals surface area contributed by atoms with Gasteiger partial charge in [-0.05, 0) is 81.4 Å². The number of piperidine rings is 2. The first-order valence-electron chi connectivity index (χ1n) is 10.9. The molecule has 1 amide bonds. The molecule has 3 aliphatic rings. The Hall–Kier alpha value is -2.40. The van der Waals surface area contributed by atoms with Gasteiger partial charge in [0.05, 0.1) is 6.04 Å². The van der Waals surface area contributed by atoms with Gasteiger partial charge in [-0.25, -0.2) is 0 Å². The van der Waals surface area contributed by atoms with Crippen LogP contribution >= 0.6 is 15.9 Å². The summed E-state index contributed by atoms with van der Waals surface area (Å²) in [5.74, 6) is 1.55. The first kappa shape index (κ1) is 21.8. The molecule has 4 nitrogen and oxygen atoms in total. The second-order valence-corrected chi connectivity index (χ2v) is 9.67. The van der Waals surface area contributed by atoms with Crippen LogP contribution in [0.25, 0.3) is 5.57 Å². The molecule has 1 saturated carbocycles. The number of aliphatic imine (C=N–C) groups is 1. The first-order valence-corrected chi connectivity index (χ1v) is 11.7. The lowest BCUT2D eigenvalue weighted by Gasteiger charge is -2.53. The summed E-state index contributed by atoms with van der Waals surface area (Å²) >= 11 is 3.46. The number of benzene rings is 2. The fourth-order valence-corrected chi connectivity index (χ4v) is 4.85. The van der Waals surface area contributed by atoms with Crippen LogP contribution in [0.15, 0.2) is 69.8 Å². The average molecular weight is 481 g/mol. The van der Waals surface area contributed by atoms with Crippen molar-refractivity contribution < 1.29 is 9.53 Å². The molecule has 2 aromatic rings. The molecule has 2 saturated heterocycles. The van der Waals surface area contributed by atoms with Gasteiger partial charge in [-0.2, -0.15) is 0 Å². The molecule has 1 atom stereocenters. The van der Waals surface area contributed by atoms with Crippen LogP contribution in [0.5, 0.6) is 5.75 Å². The highest BCUT2D eigenvalue weighted by Crippen LogP contribution is 2.44. The van der Waals surface area contributed by atoms with Crippen LogP contribution in [0.1, 0.15) is 45.6 Å². The van der Waals surface area contributed by atoms with Crippen LogP contribution in [0.2, 0.25) is 0 Å². The van der Waals surface area contributed by atoms with Gasteiger partial charge < -0.3 is 9.64 Å². The molecule has 2 aliphatic heterocycles. The van der Waals surface area contributed by atoms with E-state index in [0.717, 1.165) is 46.3 Å². The molecule has 0 aromatic heterocycles. The fraction of sp³-hybridized carbons (Fsp3) is 0.385. The van der Waals surface area contributed by atoms with E-state index in [1.165, 1.54) is 0 Å². The normalized spacial score (nSPS) is 22.8. The van der Waals surface area contributed by atoms with E-state index in [1.54, 1.807) is 0 Å². The number of rotatable bonds is 6. The number of nitrogens with zero attached hydrogens (tertiary/aromatic N) is 2. The number of carbonyl (C=O) groups is 1. The summed E-state index contributed by atoms with van der Waals surface area (Å²) < 4.78 is 7.11. The summed E-state index contributed by atoms with van der Waals surface area (Å²) in [5.41, 5.74) is 3.37. The lowest BCUT2D eigenvalue weighted by Crippen LogP contribution is -2.60. The highest BCUT2D eigenvalue weighted by atomic mass is 79.9. The van der Waals surface area contributed by atoms with Gasteiger partial charge in [-0.15, -0.1) is 0 Å². The highest BCUT2D eigenvalue weighted by molar-refractivity contribution is 9.10. The van der Waals surface area contributed by atoms with Gasteiger partial charge in [0.15, 0.2) is 0 Å². The van der Waals surface area contributed by atoms with E-state index >= 15 is 0 Å². The van der Waals surface area contributed by atoms with Crippen LogP contribution in [-0.4, -0.2) is 35.2 Å². The van der Waals surface area contributed by atoms with E-state index in [2.05, 4.69) is 20.8 Å². The third-order valence-electron chi connectivity index (χ3n) is 6.19. The van der Waals surface area contributed by atoms with Crippen molar-refractivity contribution in [1.82, 2.24) is 4.90 Å². The van der Waals surface area contributed by atoms with E-state index in [9.17, 15) is 4.79 Å². The Morgan fingerprint density at radius 3 is 2.35 bits per heavy atom. The van der Waals surface area contributed by atoms with Crippen LogP contribution in [-0.2, 0) is 4.79 Å². The predicted octanol–water partition coefficient (Wildman–Crippen LogP) is 6.12. The Labute approximate surface area is 193 Å². The minimum absolute atomic E-state index is 0.0232. The van der Waals surface area contributed by atoms with Gasteiger partial charge in [0.25, 0.3) is 5.91 Å². The molecule has 2 heterocycles. The zero-order valence-electron chi connectivity index (χ0n) is 18.3. The number of hydrogen-bond acceptors (Lipinski definition) is 3. The standard InChI is InChI=1S/C26H29BrN2O2/c1-17(2)28-25(18(3)20-7-5-4-6-8-20)26(30)29-22-13-19(14-22)15-23(29)16-31-24-11-9-21(27)10-12-24/h4-12,19,22-23H,13-16H2,1-3H3/b25-18+. The smallest absolute Gasteiger partial charge is 0.273 e. The van der Waals surface area contributed by atoms with Crippen molar-refractivity contribution in [2.75, 3.05) is 6.61 Å². The maximum Gasteiger partial charge on any atom is 0.273 e. The van der Waals surface area contributed by atoms with E-state index in [-0.39, 0.29) is 18.0 Å². The van der Waals surface area contributed by atoms with Crippen LogP contribution in [0.3, 0.4) is 0 Å². The number of ether oxygens (including phenoxy) is 1. The summed E-state index contributed by atoms with van der Waals surface area (Å²) in [4.78, 5) is 20.6. The Kier molecular flexibility index (Phi) is 6.61. The SMILES string of the molecule is CC(C)=N/C(C(=O)N1C(COc2ccc(Br)cc2)CC2CC1C2)=C(\C)c1ccccc1. The number of allylic oxidation sites excluding steroid dienone is 1. The largest absolute Gasteiger partial charge is 0.491 e. The van der Waals surface area contributed by atoms with Crippen molar-refractivity contribution >= 4 is 33.1 Å². The van der Waals surface area contributed by atoms with Crippen molar-refractivity contribution in [3.8, 4) is 5.75 Å². The average Bonchev–Trinajstić information content (AvgIpc) is 2.76. The maximum absolute atomic E-state index is 13.8. The van der Waals surface area contributed by atoms with Gasteiger partial charge in [-0.3, -0.25) is 9.79 Å². The van der Waals surface area contributed by atoms with Gasteiger partial charge in [0.2, 0.25) is 0 Å². The molecule has 1 aliphatic carbocycles. The fourth-order valence-electron chi connectivity index (χ4n) is 4.58. The van der Waals surface area contributed by atoms with Crippen molar-refractivity contribution in [3.05, 3.63) is 70.3 Å². The Morgan fingerprint density at radius 2 is 1.71 bits per heavy atom. The summed E-state index contributed by atoms with van der Waals surface area (Å²) in [6, 6.07) is 18.3. The van der Waals surface area contributed by atoms with E-state index < -0.39 is 0 Å². The second-order valence-electron chi connectivity index (χ2n) is 8.76. The minimum atomic E-state index is 0.0232. The second kappa shape index (κ2) is 9.39. The lowest BCUT2D eigenvalue weighted by atomic mass is 9.70. The van der Waals surface area contributed by atoms with E-state index in [0.29, 0.717) is 18.2 Å². The molecule has 0 spiro atoms. The molecule has 0 N–H and O–H groups in total. The van der Waals surface area contributed by atoms with Crippen LogP contribution < -0.4 is 4.74 Å². The quantitative estimate of drug-likeness (QED) is 0.369. The third-order valence-corrected chi connectivity index (χ3v) is 6.72. The minimum Gasteiger partial charge on any atom is -0.491 e. The third kappa shape index (κ3) is 4.93. The molecular formula is C26H29BrN2O2. The summed E-state index contributed by atoms with van der Waals surface area (Å²) in [7, 11) is 0. The van der Waals surface area contributed by atoms with E-state index in [1.807, 2.05) is 75.4 Å². The summed E-state index contributed by atoms with van der Waals surface area (Å²) in [6.07, 6.45) is 3.17. The molecule has 1 unspecified atom stereocenters. The molecule has 3 fully saturated rings. The van der Waals surface area contributed by atoms with Gasteiger partial charge in [0, 0.05) is 16.2 Å². The zero-order valence-corrected chi connectivity index (χ0v) is 19.9. The molecule has 2 bridgehead atoms. The van der Waals surface area contributed by atoms with Gasteiger partial charge in [0.1, 0.15) is 18.1 Å². The van der Waals surface area contributed by atoms with Crippen molar-refractivity contribution in [3.63, 3.8) is 0 Å².